The van der Waals surface area contributed by atoms with Crippen molar-refractivity contribution in [2.24, 2.45) is 4.99 Å². The largest absolute Gasteiger partial charge is 0.361 e. The molecule has 2 heterocycles. The first kappa shape index (κ1) is 24.2. The summed E-state index contributed by atoms with van der Waals surface area (Å²) >= 11 is 0. The van der Waals surface area contributed by atoms with E-state index in [1.54, 1.807) is 0 Å². The summed E-state index contributed by atoms with van der Waals surface area (Å²) in [5.74, 6) is 1.82. The number of likely N-dealkylation sites (tertiary alicyclic amines) is 1. The van der Waals surface area contributed by atoms with E-state index in [0.29, 0.717) is 6.54 Å². The first-order chi connectivity index (χ1) is 12.7. The molecule has 1 saturated heterocycles. The predicted molar refractivity (Wildman–Crippen MR) is 123 cm³/mol. The van der Waals surface area contributed by atoms with Crippen molar-refractivity contribution in [3.63, 3.8) is 0 Å². The number of hydrogen-bond donors (Lipinski definition) is 2. The van der Waals surface area contributed by atoms with E-state index in [9.17, 15) is 0 Å². The number of nitrogens with one attached hydrogen (secondary N) is 2. The van der Waals surface area contributed by atoms with Gasteiger partial charge in [-0.1, -0.05) is 25.4 Å². The second kappa shape index (κ2) is 13.4. The van der Waals surface area contributed by atoms with Crippen LogP contribution in [0.15, 0.2) is 9.52 Å². The van der Waals surface area contributed by atoms with Crippen LogP contribution < -0.4 is 10.6 Å². The summed E-state index contributed by atoms with van der Waals surface area (Å²) in [5.41, 5.74) is 2.22. The van der Waals surface area contributed by atoms with Gasteiger partial charge in [-0.05, 0) is 52.1 Å². The quantitative estimate of drug-likeness (QED) is 0.239. The Balaban J connectivity index is 0.00000364. The fraction of sp³-hybridized carbons (Fsp3) is 0.800. The molecule has 6 nitrogen and oxygen atoms in total. The molecule has 1 aliphatic rings. The molecule has 2 rings (SSSR count). The lowest BCUT2D eigenvalue weighted by atomic mass is 10.0. The summed E-state index contributed by atoms with van der Waals surface area (Å²) < 4.78 is 5.43. The molecule has 0 aromatic carbocycles. The van der Waals surface area contributed by atoms with Crippen molar-refractivity contribution in [3.8, 4) is 0 Å². The van der Waals surface area contributed by atoms with Gasteiger partial charge >= 0.3 is 0 Å². The van der Waals surface area contributed by atoms with E-state index in [1.165, 1.54) is 44.3 Å². The van der Waals surface area contributed by atoms with E-state index in [4.69, 9.17) is 4.52 Å². The molecule has 0 spiro atoms. The number of guanidine groups is 1. The van der Waals surface area contributed by atoms with E-state index in [1.807, 2.05) is 7.05 Å². The minimum atomic E-state index is 0. The maximum atomic E-state index is 5.43. The predicted octanol–water partition coefficient (Wildman–Crippen LogP) is 3.74. The van der Waals surface area contributed by atoms with E-state index in [0.717, 1.165) is 49.3 Å². The normalized spacial score (nSPS) is 18.2. The number of aryl methyl sites for hydroxylation is 2. The lowest BCUT2D eigenvalue weighted by molar-refractivity contribution is 0.158. The number of hydrogen-bond acceptors (Lipinski definition) is 4. The van der Waals surface area contributed by atoms with Crippen LogP contribution in [0.1, 0.15) is 69.9 Å². The minimum absolute atomic E-state index is 0. The summed E-state index contributed by atoms with van der Waals surface area (Å²) in [7, 11) is 1.82. The molecular weight excluding hydrogens is 453 g/mol. The molecule has 1 fully saturated rings. The van der Waals surface area contributed by atoms with Crippen LogP contribution in [0.3, 0.4) is 0 Å². The zero-order valence-electron chi connectivity index (χ0n) is 17.5. The molecule has 1 aromatic heterocycles. The standard InChI is InChI=1S/C20H37N5O.HI/c1-5-18-17(19(6-2)26-24-18)15-23-20(21-4)22-12-8-10-14-25-13-9-7-11-16(25)3;/h16H,5-15H2,1-4H3,(H2,21,22,23);1H. The number of unbranched alkanes of at least 4 members (excludes halogenated alkanes) is 1. The second-order valence-electron chi connectivity index (χ2n) is 7.18. The highest BCUT2D eigenvalue weighted by Crippen LogP contribution is 2.17. The van der Waals surface area contributed by atoms with E-state index in [2.05, 4.69) is 46.5 Å². The van der Waals surface area contributed by atoms with Crippen molar-refractivity contribution in [1.29, 1.82) is 0 Å². The van der Waals surface area contributed by atoms with Crippen molar-refractivity contribution >= 4 is 29.9 Å². The molecule has 0 bridgehead atoms. The van der Waals surface area contributed by atoms with Gasteiger partial charge in [0.1, 0.15) is 5.76 Å². The molecule has 0 radical (unpaired) electrons. The lowest BCUT2D eigenvalue weighted by Crippen LogP contribution is -2.39. The average Bonchev–Trinajstić information content (AvgIpc) is 3.07. The van der Waals surface area contributed by atoms with Crippen molar-refractivity contribution in [2.45, 2.75) is 78.3 Å². The topological polar surface area (TPSA) is 65.7 Å². The highest BCUT2D eigenvalue weighted by molar-refractivity contribution is 14.0. The maximum Gasteiger partial charge on any atom is 0.191 e. The molecule has 0 amide bonds. The fourth-order valence-corrected chi connectivity index (χ4v) is 3.67. The molecule has 2 N–H and O–H groups in total. The SMILES string of the molecule is CCc1noc(CC)c1CNC(=NC)NCCCCN1CCCCC1C.I. The van der Waals surface area contributed by atoms with Gasteiger partial charge in [-0.2, -0.15) is 0 Å². The number of halogens is 1. The minimum Gasteiger partial charge on any atom is -0.361 e. The first-order valence-corrected chi connectivity index (χ1v) is 10.3. The van der Waals surface area contributed by atoms with Gasteiger partial charge in [-0.15, -0.1) is 24.0 Å². The summed E-state index contributed by atoms with van der Waals surface area (Å²) in [6, 6.07) is 0.759. The molecule has 1 aliphatic heterocycles. The number of piperidine rings is 1. The number of aliphatic imine (C=N–C) groups is 1. The monoisotopic (exact) mass is 491 g/mol. The third-order valence-corrected chi connectivity index (χ3v) is 5.37. The molecule has 7 heteroatoms. The highest BCUT2D eigenvalue weighted by atomic mass is 127. The zero-order chi connectivity index (χ0) is 18.8. The van der Waals surface area contributed by atoms with Gasteiger partial charge in [0, 0.05) is 38.2 Å². The molecular formula is C20H38IN5O. The van der Waals surface area contributed by atoms with E-state index < -0.39 is 0 Å². The van der Waals surface area contributed by atoms with Gasteiger partial charge in [-0.25, -0.2) is 0 Å². The summed E-state index contributed by atoms with van der Waals surface area (Å²) in [6.45, 7) is 10.7. The maximum absolute atomic E-state index is 5.43. The van der Waals surface area contributed by atoms with Gasteiger partial charge < -0.3 is 20.1 Å². The van der Waals surface area contributed by atoms with Gasteiger partial charge in [0.15, 0.2) is 5.96 Å². The average molecular weight is 491 g/mol. The van der Waals surface area contributed by atoms with Crippen LogP contribution in [0.5, 0.6) is 0 Å². The first-order valence-electron chi connectivity index (χ1n) is 10.3. The Morgan fingerprint density at radius 2 is 2.04 bits per heavy atom. The van der Waals surface area contributed by atoms with Crippen molar-refractivity contribution in [1.82, 2.24) is 20.7 Å². The molecule has 27 heavy (non-hydrogen) atoms. The summed E-state index contributed by atoms with van der Waals surface area (Å²) in [6.07, 6.45) is 8.27. The van der Waals surface area contributed by atoms with Gasteiger partial charge in [0.2, 0.25) is 0 Å². The zero-order valence-corrected chi connectivity index (χ0v) is 19.8. The van der Waals surface area contributed by atoms with Crippen LogP contribution in [0.2, 0.25) is 0 Å². The fourth-order valence-electron chi connectivity index (χ4n) is 3.67. The molecule has 0 aliphatic carbocycles. The smallest absolute Gasteiger partial charge is 0.191 e. The molecule has 1 atom stereocenters. The third kappa shape index (κ3) is 7.60. The van der Waals surface area contributed by atoms with Crippen molar-refractivity contribution in [3.05, 3.63) is 17.0 Å². The van der Waals surface area contributed by atoms with Crippen molar-refractivity contribution in [2.75, 3.05) is 26.7 Å². The van der Waals surface area contributed by atoms with Crippen LogP contribution in [-0.4, -0.2) is 48.7 Å². The molecule has 1 aromatic rings. The number of aromatic nitrogens is 1. The van der Waals surface area contributed by atoms with Crippen LogP contribution in [0.25, 0.3) is 0 Å². The second-order valence-corrected chi connectivity index (χ2v) is 7.18. The van der Waals surface area contributed by atoms with Crippen molar-refractivity contribution < 1.29 is 4.52 Å². The Labute approximate surface area is 181 Å². The van der Waals surface area contributed by atoms with Crippen LogP contribution in [-0.2, 0) is 19.4 Å². The Morgan fingerprint density at radius 3 is 2.70 bits per heavy atom. The Kier molecular flexibility index (Phi) is 12.0. The molecule has 1 unspecified atom stereocenters. The third-order valence-electron chi connectivity index (χ3n) is 5.37. The number of rotatable bonds is 9. The van der Waals surface area contributed by atoms with Crippen LogP contribution >= 0.6 is 24.0 Å². The van der Waals surface area contributed by atoms with Gasteiger partial charge in [0.05, 0.1) is 5.69 Å². The summed E-state index contributed by atoms with van der Waals surface area (Å²) in [4.78, 5) is 6.97. The van der Waals surface area contributed by atoms with Crippen LogP contribution in [0, 0.1) is 0 Å². The Bertz CT molecular complexity index is 539. The number of nitrogens with zero attached hydrogens (tertiary/aromatic N) is 3. The molecule has 0 saturated carbocycles. The Morgan fingerprint density at radius 1 is 1.22 bits per heavy atom. The molecule has 156 valence electrons. The summed E-state index contributed by atoms with van der Waals surface area (Å²) in [5, 5.41) is 11.0. The van der Waals surface area contributed by atoms with Gasteiger partial charge in [0.25, 0.3) is 0 Å². The Hall–Kier alpha value is -0.830. The van der Waals surface area contributed by atoms with E-state index >= 15 is 0 Å². The van der Waals surface area contributed by atoms with Gasteiger partial charge in [-0.3, -0.25) is 4.99 Å². The van der Waals surface area contributed by atoms with E-state index in [-0.39, 0.29) is 24.0 Å². The highest BCUT2D eigenvalue weighted by Gasteiger charge is 2.17. The lowest BCUT2D eigenvalue weighted by Gasteiger charge is -2.33. The van der Waals surface area contributed by atoms with Crippen LogP contribution in [0.4, 0.5) is 0 Å².